The third-order valence-corrected chi connectivity index (χ3v) is 3.54. The summed E-state index contributed by atoms with van der Waals surface area (Å²) in [5.74, 6) is -0.556. The largest absolute Gasteiger partial charge is 0.418 e. The Kier molecular flexibility index (Phi) is 4.22. The van der Waals surface area contributed by atoms with Crippen LogP contribution in [-0.4, -0.2) is 20.0 Å². The van der Waals surface area contributed by atoms with Crippen LogP contribution in [0.25, 0.3) is 0 Å². The summed E-state index contributed by atoms with van der Waals surface area (Å²) in [7, 11) is 3.30. The molecule has 0 aliphatic carbocycles. The Labute approximate surface area is 124 Å². The van der Waals surface area contributed by atoms with Crippen LogP contribution >= 0.6 is 11.3 Å². The molecule has 3 nitrogen and oxygen atoms in total. The van der Waals surface area contributed by atoms with Crippen LogP contribution in [0.2, 0.25) is 0 Å². The predicted octanol–water partition coefficient (Wildman–Crippen LogP) is 4.09. The quantitative estimate of drug-likeness (QED) is 0.925. The number of carbonyl (C=O) groups excluding carboxylic acids is 1. The maximum absolute atomic E-state index is 13.1. The second-order valence-corrected chi connectivity index (χ2v) is 5.37. The molecule has 1 amide bonds. The molecule has 7 heteroatoms. The molecule has 21 heavy (non-hydrogen) atoms. The minimum Gasteiger partial charge on any atom is -0.378 e. The molecule has 2 rings (SSSR count). The van der Waals surface area contributed by atoms with Crippen LogP contribution in [0.3, 0.4) is 0 Å². The molecular weight excluding hydrogens is 301 g/mol. The molecule has 2 aromatic rings. The number of rotatable bonds is 3. The predicted molar refractivity (Wildman–Crippen MR) is 78.0 cm³/mol. The number of benzene rings is 1. The maximum atomic E-state index is 13.1. The number of amides is 1. The molecule has 1 aromatic carbocycles. The smallest absolute Gasteiger partial charge is 0.378 e. The minimum absolute atomic E-state index is 0.246. The van der Waals surface area contributed by atoms with Gasteiger partial charge in [0.1, 0.15) is 0 Å². The number of nitrogens with zero attached hydrogens (tertiary/aromatic N) is 1. The summed E-state index contributed by atoms with van der Waals surface area (Å²) in [6.07, 6.45) is -4.54. The highest BCUT2D eigenvalue weighted by atomic mass is 32.1. The Morgan fingerprint density at radius 1 is 1.24 bits per heavy atom. The van der Waals surface area contributed by atoms with Crippen LogP contribution in [0, 0.1) is 0 Å². The van der Waals surface area contributed by atoms with Gasteiger partial charge in [-0.05, 0) is 29.6 Å². The van der Waals surface area contributed by atoms with E-state index in [9.17, 15) is 18.0 Å². The Morgan fingerprint density at radius 2 is 1.95 bits per heavy atom. The number of halogens is 3. The summed E-state index contributed by atoms with van der Waals surface area (Å²) in [5, 5.41) is 5.58. The molecule has 1 N–H and O–H groups in total. The molecule has 0 radical (unpaired) electrons. The number of carbonyl (C=O) groups is 1. The molecule has 0 aliphatic rings. The van der Waals surface area contributed by atoms with E-state index in [0.717, 1.165) is 6.07 Å². The van der Waals surface area contributed by atoms with E-state index in [1.54, 1.807) is 35.8 Å². The van der Waals surface area contributed by atoms with Crippen LogP contribution in [-0.2, 0) is 6.18 Å². The van der Waals surface area contributed by atoms with Gasteiger partial charge in [-0.3, -0.25) is 4.79 Å². The zero-order chi connectivity index (χ0) is 15.6. The van der Waals surface area contributed by atoms with Crippen molar-refractivity contribution in [3.63, 3.8) is 0 Å². The lowest BCUT2D eigenvalue weighted by molar-refractivity contribution is -0.136. The highest BCUT2D eigenvalue weighted by molar-refractivity contribution is 7.08. The molecule has 112 valence electrons. The van der Waals surface area contributed by atoms with Gasteiger partial charge in [0.25, 0.3) is 5.91 Å². The average molecular weight is 314 g/mol. The molecule has 0 spiro atoms. The van der Waals surface area contributed by atoms with Gasteiger partial charge in [-0.2, -0.15) is 24.5 Å². The van der Waals surface area contributed by atoms with Gasteiger partial charge in [-0.25, -0.2) is 0 Å². The average Bonchev–Trinajstić information content (AvgIpc) is 2.91. The van der Waals surface area contributed by atoms with Gasteiger partial charge >= 0.3 is 6.18 Å². The topological polar surface area (TPSA) is 32.3 Å². The van der Waals surface area contributed by atoms with Crippen LogP contribution in [0.4, 0.5) is 24.5 Å². The molecule has 1 aromatic heterocycles. The molecule has 0 unspecified atom stereocenters. The van der Waals surface area contributed by atoms with E-state index < -0.39 is 17.6 Å². The third-order valence-electron chi connectivity index (χ3n) is 2.86. The first-order chi connectivity index (χ1) is 9.79. The van der Waals surface area contributed by atoms with Crippen molar-refractivity contribution in [2.24, 2.45) is 0 Å². The lowest BCUT2D eigenvalue weighted by Crippen LogP contribution is -2.17. The second kappa shape index (κ2) is 5.77. The van der Waals surface area contributed by atoms with E-state index in [-0.39, 0.29) is 5.69 Å². The van der Waals surface area contributed by atoms with Crippen LogP contribution in [0.15, 0.2) is 35.0 Å². The van der Waals surface area contributed by atoms with Gasteiger partial charge < -0.3 is 10.2 Å². The molecule has 0 bridgehead atoms. The first kappa shape index (κ1) is 15.4. The Morgan fingerprint density at radius 3 is 2.48 bits per heavy atom. The van der Waals surface area contributed by atoms with Crippen molar-refractivity contribution in [3.05, 3.63) is 46.2 Å². The van der Waals surface area contributed by atoms with Crippen LogP contribution in [0.5, 0.6) is 0 Å². The molecule has 0 aliphatic heterocycles. The summed E-state index contributed by atoms with van der Waals surface area (Å²) in [5.41, 5.74) is -0.359. The lowest BCUT2D eigenvalue weighted by Gasteiger charge is -2.18. The molecule has 0 saturated carbocycles. The third kappa shape index (κ3) is 3.55. The summed E-state index contributed by atoms with van der Waals surface area (Å²) >= 11 is 1.30. The zero-order valence-electron chi connectivity index (χ0n) is 11.4. The first-order valence-electron chi connectivity index (χ1n) is 6.01. The molecule has 0 fully saturated rings. The molecular formula is C14H13F3N2OS. The summed E-state index contributed by atoms with van der Waals surface area (Å²) in [4.78, 5) is 13.5. The van der Waals surface area contributed by atoms with E-state index in [4.69, 9.17) is 0 Å². The summed E-state index contributed by atoms with van der Waals surface area (Å²) in [6, 6.07) is 5.37. The number of hydrogen-bond donors (Lipinski definition) is 1. The molecule has 1 heterocycles. The van der Waals surface area contributed by atoms with E-state index in [1.807, 2.05) is 0 Å². The van der Waals surface area contributed by atoms with Crippen molar-refractivity contribution in [2.45, 2.75) is 6.18 Å². The molecule has 0 saturated heterocycles. The lowest BCUT2D eigenvalue weighted by atomic mass is 10.1. The number of anilines is 2. The van der Waals surface area contributed by atoms with Gasteiger partial charge in [-0.15, -0.1) is 0 Å². The van der Waals surface area contributed by atoms with Crippen molar-refractivity contribution in [1.82, 2.24) is 0 Å². The Hall–Kier alpha value is -2.02. The normalized spacial score (nSPS) is 11.3. The van der Waals surface area contributed by atoms with Gasteiger partial charge in [0.15, 0.2) is 0 Å². The fourth-order valence-electron chi connectivity index (χ4n) is 1.74. The number of nitrogens with one attached hydrogen (secondary N) is 1. The first-order valence-corrected chi connectivity index (χ1v) is 6.95. The molecule has 0 atom stereocenters. The number of hydrogen-bond acceptors (Lipinski definition) is 3. The Bertz CT molecular complexity index is 636. The van der Waals surface area contributed by atoms with E-state index in [0.29, 0.717) is 11.3 Å². The number of alkyl halides is 3. The van der Waals surface area contributed by atoms with Crippen molar-refractivity contribution >= 4 is 28.6 Å². The van der Waals surface area contributed by atoms with E-state index >= 15 is 0 Å². The highest BCUT2D eigenvalue weighted by Gasteiger charge is 2.34. The summed E-state index contributed by atoms with van der Waals surface area (Å²) in [6.45, 7) is 0. The SMILES string of the molecule is CN(C)c1ccc(NC(=O)c2ccsc2)c(C(F)(F)F)c1. The van der Waals surface area contributed by atoms with Gasteiger partial charge in [0, 0.05) is 25.2 Å². The fourth-order valence-corrected chi connectivity index (χ4v) is 2.38. The van der Waals surface area contributed by atoms with Gasteiger partial charge in [-0.1, -0.05) is 0 Å². The van der Waals surface area contributed by atoms with Crippen molar-refractivity contribution < 1.29 is 18.0 Å². The van der Waals surface area contributed by atoms with Crippen molar-refractivity contribution in [3.8, 4) is 0 Å². The fraction of sp³-hybridized carbons (Fsp3) is 0.214. The second-order valence-electron chi connectivity index (χ2n) is 4.59. The number of thiophene rings is 1. The zero-order valence-corrected chi connectivity index (χ0v) is 12.2. The van der Waals surface area contributed by atoms with Gasteiger partial charge in [0.05, 0.1) is 16.8 Å². The van der Waals surface area contributed by atoms with Crippen LogP contribution < -0.4 is 10.2 Å². The van der Waals surface area contributed by atoms with Crippen molar-refractivity contribution in [2.75, 3.05) is 24.3 Å². The Balaban J connectivity index is 2.37. The maximum Gasteiger partial charge on any atom is 0.418 e. The highest BCUT2D eigenvalue weighted by Crippen LogP contribution is 2.37. The van der Waals surface area contributed by atoms with E-state index in [1.165, 1.54) is 23.5 Å². The van der Waals surface area contributed by atoms with Crippen LogP contribution in [0.1, 0.15) is 15.9 Å². The van der Waals surface area contributed by atoms with Crippen molar-refractivity contribution in [1.29, 1.82) is 0 Å². The summed E-state index contributed by atoms with van der Waals surface area (Å²) < 4.78 is 39.4. The van der Waals surface area contributed by atoms with Gasteiger partial charge in [0.2, 0.25) is 0 Å². The standard InChI is InChI=1S/C14H13F3N2OS/c1-19(2)10-3-4-12(11(7-10)14(15,16)17)18-13(20)9-5-6-21-8-9/h3-8H,1-2H3,(H,18,20). The van der Waals surface area contributed by atoms with E-state index in [2.05, 4.69) is 5.32 Å². The minimum atomic E-state index is -4.54. The monoisotopic (exact) mass is 314 g/mol.